The molecule has 0 unspecified atom stereocenters. The van der Waals surface area contributed by atoms with Gasteiger partial charge in [0.1, 0.15) is 11.6 Å². The fraction of sp³-hybridized carbons (Fsp3) is 0.409. The number of likely N-dealkylation sites (tertiary alicyclic amines) is 1. The first-order valence-electron chi connectivity index (χ1n) is 10.2. The van der Waals surface area contributed by atoms with Crippen molar-refractivity contribution in [2.45, 2.75) is 44.7 Å². The summed E-state index contributed by atoms with van der Waals surface area (Å²) >= 11 is 0. The second kappa shape index (κ2) is 9.13. The Kier molecular flexibility index (Phi) is 6.14. The van der Waals surface area contributed by atoms with Crippen LogP contribution in [0.5, 0.6) is 0 Å². The summed E-state index contributed by atoms with van der Waals surface area (Å²) in [5.74, 6) is 0.797. The van der Waals surface area contributed by atoms with Crippen molar-refractivity contribution in [3.8, 4) is 0 Å². The Bertz CT molecular complexity index is 947. The molecule has 3 aromatic rings. The van der Waals surface area contributed by atoms with Crippen molar-refractivity contribution in [1.29, 1.82) is 0 Å². The highest BCUT2D eigenvalue weighted by Crippen LogP contribution is 2.15. The van der Waals surface area contributed by atoms with Gasteiger partial charge in [0.2, 0.25) is 5.91 Å². The third-order valence-electron chi connectivity index (χ3n) is 5.46. The van der Waals surface area contributed by atoms with Crippen molar-refractivity contribution in [3.63, 3.8) is 0 Å². The molecule has 1 aliphatic rings. The molecule has 1 saturated heterocycles. The number of carbonyl (C=O) groups excluding carboxylic acids is 1. The van der Waals surface area contributed by atoms with E-state index in [9.17, 15) is 9.18 Å². The molecule has 2 aromatic heterocycles. The number of rotatable bonds is 7. The zero-order valence-electron chi connectivity index (χ0n) is 16.4. The molecule has 1 aromatic carbocycles. The number of aromatic nitrogens is 3. The van der Waals surface area contributed by atoms with E-state index in [-0.39, 0.29) is 17.8 Å². The Labute approximate surface area is 169 Å². The predicted octanol–water partition coefficient (Wildman–Crippen LogP) is 2.97. The lowest BCUT2D eigenvalue weighted by Gasteiger charge is -2.32. The molecule has 0 bridgehead atoms. The Morgan fingerprint density at radius 1 is 1.10 bits per heavy atom. The average molecular weight is 395 g/mol. The molecule has 1 fully saturated rings. The summed E-state index contributed by atoms with van der Waals surface area (Å²) < 4.78 is 15.0. The standard InChI is InChI=1S/C22H26FN5O/c23-18-9-7-17(8-10-18)16-27-14-11-19(12-15-27)24-22(29)6-3-5-21-26-25-20-4-1-2-13-28(20)21/h1-2,4,7-10,13,19H,3,5-6,11-12,14-16H2,(H,24,29). The minimum atomic E-state index is -0.202. The molecule has 152 valence electrons. The van der Waals surface area contributed by atoms with Gasteiger partial charge in [-0.3, -0.25) is 14.1 Å². The number of aryl methyl sites for hydroxylation is 1. The van der Waals surface area contributed by atoms with Gasteiger partial charge in [-0.2, -0.15) is 0 Å². The maximum absolute atomic E-state index is 13.0. The summed E-state index contributed by atoms with van der Waals surface area (Å²) in [7, 11) is 0. The minimum absolute atomic E-state index is 0.107. The van der Waals surface area contributed by atoms with Crippen LogP contribution in [0.1, 0.15) is 37.1 Å². The monoisotopic (exact) mass is 395 g/mol. The van der Waals surface area contributed by atoms with Crippen LogP contribution in [-0.4, -0.2) is 44.5 Å². The van der Waals surface area contributed by atoms with Gasteiger partial charge in [0.15, 0.2) is 5.65 Å². The molecule has 1 amide bonds. The number of benzene rings is 1. The van der Waals surface area contributed by atoms with Gasteiger partial charge >= 0.3 is 0 Å². The maximum Gasteiger partial charge on any atom is 0.220 e. The Morgan fingerprint density at radius 3 is 2.69 bits per heavy atom. The summed E-state index contributed by atoms with van der Waals surface area (Å²) in [6.45, 7) is 2.70. The van der Waals surface area contributed by atoms with Crippen molar-refractivity contribution in [3.05, 3.63) is 65.9 Å². The van der Waals surface area contributed by atoms with Crippen LogP contribution in [0.25, 0.3) is 5.65 Å². The summed E-state index contributed by atoms with van der Waals surface area (Å²) in [6, 6.07) is 12.7. The van der Waals surface area contributed by atoms with Crippen LogP contribution < -0.4 is 5.32 Å². The first kappa shape index (κ1) is 19.5. The second-order valence-corrected chi connectivity index (χ2v) is 7.64. The van der Waals surface area contributed by atoms with Gasteiger partial charge < -0.3 is 5.32 Å². The number of piperidine rings is 1. The molecule has 1 N–H and O–H groups in total. The van der Waals surface area contributed by atoms with Crippen molar-refractivity contribution in [2.24, 2.45) is 0 Å². The highest BCUT2D eigenvalue weighted by atomic mass is 19.1. The normalized spacial score (nSPS) is 15.6. The number of hydrogen-bond donors (Lipinski definition) is 1. The first-order chi connectivity index (χ1) is 14.2. The molecule has 0 radical (unpaired) electrons. The third-order valence-corrected chi connectivity index (χ3v) is 5.46. The van der Waals surface area contributed by atoms with Crippen molar-refractivity contribution >= 4 is 11.6 Å². The number of fused-ring (bicyclic) bond motifs is 1. The Balaban J connectivity index is 1.16. The number of nitrogens with one attached hydrogen (secondary N) is 1. The lowest BCUT2D eigenvalue weighted by atomic mass is 10.0. The Hall–Kier alpha value is -2.80. The van der Waals surface area contributed by atoms with E-state index in [1.54, 1.807) is 0 Å². The SMILES string of the molecule is O=C(CCCc1nnc2ccccn12)NC1CCN(Cc2ccc(F)cc2)CC1. The van der Waals surface area contributed by atoms with Crippen LogP contribution in [0.15, 0.2) is 48.7 Å². The zero-order valence-corrected chi connectivity index (χ0v) is 16.4. The third kappa shape index (κ3) is 5.17. The molecule has 0 spiro atoms. The van der Waals surface area contributed by atoms with Gasteiger partial charge in [-0.25, -0.2) is 4.39 Å². The fourth-order valence-electron chi connectivity index (χ4n) is 3.85. The van der Waals surface area contributed by atoms with E-state index in [4.69, 9.17) is 0 Å². The van der Waals surface area contributed by atoms with Gasteiger partial charge in [-0.1, -0.05) is 18.2 Å². The fourth-order valence-corrected chi connectivity index (χ4v) is 3.85. The van der Waals surface area contributed by atoms with Gasteiger partial charge in [0.05, 0.1) is 0 Å². The Morgan fingerprint density at radius 2 is 1.90 bits per heavy atom. The van der Waals surface area contributed by atoms with Crippen LogP contribution in [0.2, 0.25) is 0 Å². The lowest BCUT2D eigenvalue weighted by molar-refractivity contribution is -0.122. The highest BCUT2D eigenvalue weighted by Gasteiger charge is 2.20. The maximum atomic E-state index is 13.0. The van der Waals surface area contributed by atoms with Crippen LogP contribution in [0, 0.1) is 5.82 Å². The number of nitrogens with zero attached hydrogens (tertiary/aromatic N) is 4. The summed E-state index contributed by atoms with van der Waals surface area (Å²) in [4.78, 5) is 14.7. The second-order valence-electron chi connectivity index (χ2n) is 7.64. The van der Waals surface area contributed by atoms with E-state index in [1.807, 2.05) is 40.9 Å². The van der Waals surface area contributed by atoms with Gasteiger partial charge in [-0.05, 0) is 49.1 Å². The quantitative estimate of drug-likeness (QED) is 0.668. The number of pyridine rings is 1. The van der Waals surface area contributed by atoms with Crippen LogP contribution in [0.3, 0.4) is 0 Å². The van der Waals surface area contributed by atoms with E-state index in [1.165, 1.54) is 12.1 Å². The van der Waals surface area contributed by atoms with E-state index in [2.05, 4.69) is 20.4 Å². The summed E-state index contributed by atoms with van der Waals surface area (Å²) in [6.07, 6.45) is 5.82. The van der Waals surface area contributed by atoms with Crippen molar-refractivity contribution < 1.29 is 9.18 Å². The number of hydrogen-bond acceptors (Lipinski definition) is 4. The molecule has 0 aliphatic carbocycles. The van der Waals surface area contributed by atoms with E-state index < -0.39 is 0 Å². The minimum Gasteiger partial charge on any atom is -0.353 e. The van der Waals surface area contributed by atoms with Gasteiger partial charge in [0.25, 0.3) is 0 Å². The molecule has 3 heterocycles. The molecule has 6 nitrogen and oxygen atoms in total. The lowest BCUT2D eigenvalue weighted by Crippen LogP contribution is -2.44. The zero-order chi connectivity index (χ0) is 20.1. The number of halogens is 1. The molecule has 4 rings (SSSR count). The summed E-state index contributed by atoms with van der Waals surface area (Å²) in [5, 5.41) is 11.5. The van der Waals surface area contributed by atoms with E-state index in [0.29, 0.717) is 6.42 Å². The molecule has 0 atom stereocenters. The molecule has 29 heavy (non-hydrogen) atoms. The van der Waals surface area contributed by atoms with E-state index >= 15 is 0 Å². The van der Waals surface area contributed by atoms with Crippen LogP contribution in [-0.2, 0) is 17.8 Å². The molecule has 7 heteroatoms. The first-order valence-corrected chi connectivity index (χ1v) is 10.2. The van der Waals surface area contributed by atoms with Crippen molar-refractivity contribution in [1.82, 2.24) is 24.8 Å². The smallest absolute Gasteiger partial charge is 0.220 e. The van der Waals surface area contributed by atoms with Gasteiger partial charge in [0, 0.05) is 44.7 Å². The average Bonchev–Trinajstić information content (AvgIpc) is 3.14. The number of amides is 1. The topological polar surface area (TPSA) is 62.5 Å². The van der Waals surface area contributed by atoms with Crippen molar-refractivity contribution in [2.75, 3.05) is 13.1 Å². The molecule has 0 saturated carbocycles. The molecule has 1 aliphatic heterocycles. The van der Waals surface area contributed by atoms with Crippen LogP contribution in [0.4, 0.5) is 4.39 Å². The number of carbonyl (C=O) groups is 1. The summed E-state index contributed by atoms with van der Waals surface area (Å²) in [5.41, 5.74) is 1.95. The molecular formula is C22H26FN5O. The largest absolute Gasteiger partial charge is 0.353 e. The highest BCUT2D eigenvalue weighted by molar-refractivity contribution is 5.76. The van der Waals surface area contributed by atoms with E-state index in [0.717, 1.165) is 62.4 Å². The van der Waals surface area contributed by atoms with Gasteiger partial charge in [-0.15, -0.1) is 10.2 Å². The predicted molar refractivity (Wildman–Crippen MR) is 109 cm³/mol. The molecular weight excluding hydrogens is 369 g/mol. The van der Waals surface area contributed by atoms with Crippen LogP contribution >= 0.6 is 0 Å².